The summed E-state index contributed by atoms with van der Waals surface area (Å²) in [5.74, 6) is 0.114. The van der Waals surface area contributed by atoms with Crippen LogP contribution in [0.1, 0.15) is 41.5 Å². The SMILES string of the molecule is CC(C)(C)NC(=O)CSc1nc2ccccc2n1CC(=O)NC(C)(C)C. The lowest BCUT2D eigenvalue weighted by Crippen LogP contribution is -2.42. The maximum Gasteiger partial charge on any atom is 0.240 e. The number of nitrogens with one attached hydrogen (secondary N) is 2. The molecule has 0 radical (unpaired) electrons. The number of rotatable bonds is 5. The molecule has 0 bridgehead atoms. The second-order valence-corrected chi connectivity index (χ2v) is 9.30. The molecule has 26 heavy (non-hydrogen) atoms. The summed E-state index contributed by atoms with van der Waals surface area (Å²) in [6, 6.07) is 7.68. The Bertz CT molecular complexity index is 800. The molecule has 2 amide bonds. The third-order valence-corrected chi connectivity index (χ3v) is 4.26. The summed E-state index contributed by atoms with van der Waals surface area (Å²) in [5, 5.41) is 6.57. The standard InChI is InChI=1S/C19H28N4O2S/c1-18(2,3)21-15(24)11-23-14-10-8-7-9-13(14)20-17(23)26-12-16(25)22-19(4,5)6/h7-10H,11-12H2,1-6H3,(H,21,24)(H,22,25). The van der Waals surface area contributed by atoms with Gasteiger partial charge in [0.25, 0.3) is 0 Å². The Kier molecular flexibility index (Phi) is 6.01. The van der Waals surface area contributed by atoms with Crippen molar-refractivity contribution >= 4 is 34.6 Å². The van der Waals surface area contributed by atoms with E-state index in [0.29, 0.717) is 5.16 Å². The van der Waals surface area contributed by atoms with Crippen molar-refractivity contribution in [2.45, 2.75) is 64.3 Å². The maximum absolute atomic E-state index is 12.4. The molecule has 2 N–H and O–H groups in total. The third-order valence-electron chi connectivity index (χ3n) is 3.28. The summed E-state index contributed by atoms with van der Waals surface area (Å²) >= 11 is 1.34. The minimum Gasteiger partial charge on any atom is -0.351 e. The second kappa shape index (κ2) is 7.70. The van der Waals surface area contributed by atoms with Gasteiger partial charge in [-0.1, -0.05) is 23.9 Å². The molecule has 2 aromatic rings. The predicted octanol–water partition coefficient (Wildman–Crippen LogP) is 2.96. The number of aromatic nitrogens is 2. The van der Waals surface area contributed by atoms with Crippen molar-refractivity contribution < 1.29 is 9.59 Å². The highest BCUT2D eigenvalue weighted by molar-refractivity contribution is 7.99. The average molecular weight is 377 g/mol. The van der Waals surface area contributed by atoms with Crippen LogP contribution >= 0.6 is 11.8 Å². The van der Waals surface area contributed by atoms with E-state index in [1.165, 1.54) is 11.8 Å². The summed E-state index contributed by atoms with van der Waals surface area (Å²) < 4.78 is 1.87. The first kappa shape index (κ1) is 20.3. The number of benzene rings is 1. The molecule has 1 heterocycles. The molecule has 0 aliphatic carbocycles. The van der Waals surface area contributed by atoms with Crippen molar-refractivity contribution in [3.63, 3.8) is 0 Å². The van der Waals surface area contributed by atoms with Crippen LogP contribution in [0.2, 0.25) is 0 Å². The lowest BCUT2D eigenvalue weighted by molar-refractivity contribution is -0.123. The molecule has 0 aliphatic heterocycles. The molecule has 1 aromatic heterocycles. The number of carbonyl (C=O) groups is 2. The normalized spacial score (nSPS) is 12.2. The van der Waals surface area contributed by atoms with E-state index in [4.69, 9.17) is 0 Å². The summed E-state index contributed by atoms with van der Waals surface area (Å²) in [5.41, 5.74) is 1.13. The van der Waals surface area contributed by atoms with Crippen LogP contribution in [0.15, 0.2) is 29.4 Å². The largest absolute Gasteiger partial charge is 0.351 e. The van der Waals surface area contributed by atoms with E-state index in [0.717, 1.165) is 11.0 Å². The van der Waals surface area contributed by atoms with Gasteiger partial charge < -0.3 is 15.2 Å². The van der Waals surface area contributed by atoms with Crippen LogP contribution < -0.4 is 10.6 Å². The van der Waals surface area contributed by atoms with Crippen LogP contribution in [0.4, 0.5) is 0 Å². The Hall–Kier alpha value is -2.02. The number of para-hydroxylation sites is 2. The van der Waals surface area contributed by atoms with Crippen molar-refractivity contribution in [2.75, 3.05) is 5.75 Å². The first-order chi connectivity index (χ1) is 11.9. The van der Waals surface area contributed by atoms with E-state index in [1.807, 2.05) is 70.4 Å². The second-order valence-electron chi connectivity index (χ2n) is 8.35. The van der Waals surface area contributed by atoms with Gasteiger partial charge in [0, 0.05) is 11.1 Å². The minimum absolute atomic E-state index is 0.0553. The molecule has 7 heteroatoms. The first-order valence-corrected chi connectivity index (χ1v) is 9.63. The average Bonchev–Trinajstić information content (AvgIpc) is 2.79. The fourth-order valence-electron chi connectivity index (χ4n) is 2.50. The number of hydrogen-bond acceptors (Lipinski definition) is 4. The van der Waals surface area contributed by atoms with Gasteiger partial charge in [-0.05, 0) is 53.7 Å². The maximum atomic E-state index is 12.4. The molecule has 0 atom stereocenters. The lowest BCUT2D eigenvalue weighted by atomic mass is 10.1. The van der Waals surface area contributed by atoms with Crippen LogP contribution in [0.3, 0.4) is 0 Å². The van der Waals surface area contributed by atoms with Crippen LogP contribution in [0, 0.1) is 0 Å². The minimum atomic E-state index is -0.298. The Balaban J connectivity index is 2.20. The molecular formula is C19H28N4O2S. The van der Waals surface area contributed by atoms with Gasteiger partial charge in [0.15, 0.2) is 5.16 Å². The number of hydrogen-bond donors (Lipinski definition) is 2. The van der Waals surface area contributed by atoms with Crippen LogP contribution in [-0.2, 0) is 16.1 Å². The van der Waals surface area contributed by atoms with Crippen LogP contribution in [0.5, 0.6) is 0 Å². The van der Waals surface area contributed by atoms with Crippen molar-refractivity contribution in [3.8, 4) is 0 Å². The van der Waals surface area contributed by atoms with Crippen molar-refractivity contribution in [2.24, 2.45) is 0 Å². The molecule has 0 spiro atoms. The predicted molar refractivity (Wildman–Crippen MR) is 106 cm³/mol. The van der Waals surface area contributed by atoms with Gasteiger partial charge >= 0.3 is 0 Å². The number of fused-ring (bicyclic) bond motifs is 1. The lowest BCUT2D eigenvalue weighted by Gasteiger charge is -2.21. The monoisotopic (exact) mass is 376 g/mol. The zero-order valence-electron chi connectivity index (χ0n) is 16.3. The fraction of sp³-hybridized carbons (Fsp3) is 0.526. The topological polar surface area (TPSA) is 76.0 Å². The molecule has 2 rings (SSSR count). The van der Waals surface area contributed by atoms with Gasteiger partial charge in [0.1, 0.15) is 6.54 Å². The highest BCUT2D eigenvalue weighted by Gasteiger charge is 2.19. The van der Waals surface area contributed by atoms with Gasteiger partial charge in [-0.3, -0.25) is 9.59 Å². The highest BCUT2D eigenvalue weighted by atomic mass is 32.2. The van der Waals surface area contributed by atoms with E-state index in [-0.39, 0.29) is 35.2 Å². The summed E-state index contributed by atoms with van der Waals surface area (Å²) in [4.78, 5) is 29.1. The number of nitrogens with zero attached hydrogens (tertiary/aromatic N) is 2. The van der Waals surface area contributed by atoms with E-state index in [1.54, 1.807) is 0 Å². The van der Waals surface area contributed by atoms with Gasteiger partial charge in [0.05, 0.1) is 16.8 Å². The van der Waals surface area contributed by atoms with Gasteiger partial charge in [-0.15, -0.1) is 0 Å². The van der Waals surface area contributed by atoms with Gasteiger partial charge in [0.2, 0.25) is 11.8 Å². The fourth-order valence-corrected chi connectivity index (χ4v) is 3.32. The first-order valence-electron chi connectivity index (χ1n) is 8.65. The Morgan fingerprint density at radius 3 is 2.19 bits per heavy atom. The van der Waals surface area contributed by atoms with E-state index in [9.17, 15) is 9.59 Å². The number of imidazole rings is 1. The molecule has 0 saturated heterocycles. The molecule has 142 valence electrons. The number of carbonyl (C=O) groups excluding carboxylic acids is 2. The van der Waals surface area contributed by atoms with Gasteiger partial charge in [-0.25, -0.2) is 4.98 Å². The summed E-state index contributed by atoms with van der Waals surface area (Å²) in [7, 11) is 0. The zero-order valence-corrected chi connectivity index (χ0v) is 17.2. The van der Waals surface area contributed by atoms with E-state index < -0.39 is 0 Å². The van der Waals surface area contributed by atoms with Crippen LogP contribution in [0.25, 0.3) is 11.0 Å². The molecular weight excluding hydrogens is 348 g/mol. The number of amides is 2. The summed E-state index contributed by atoms with van der Waals surface area (Å²) in [6.07, 6.45) is 0. The summed E-state index contributed by atoms with van der Waals surface area (Å²) in [6.45, 7) is 11.8. The van der Waals surface area contributed by atoms with Crippen molar-refractivity contribution in [3.05, 3.63) is 24.3 Å². The molecule has 0 aliphatic rings. The molecule has 0 fully saturated rings. The van der Waals surface area contributed by atoms with Crippen molar-refractivity contribution in [1.82, 2.24) is 20.2 Å². The van der Waals surface area contributed by atoms with Gasteiger partial charge in [-0.2, -0.15) is 0 Å². The van der Waals surface area contributed by atoms with E-state index >= 15 is 0 Å². The quantitative estimate of drug-likeness (QED) is 0.787. The smallest absolute Gasteiger partial charge is 0.240 e. The molecule has 0 unspecified atom stereocenters. The number of thioether (sulfide) groups is 1. The Morgan fingerprint density at radius 1 is 1.00 bits per heavy atom. The highest BCUT2D eigenvalue weighted by Crippen LogP contribution is 2.24. The Labute approximate surface area is 159 Å². The molecule has 1 aromatic carbocycles. The molecule has 0 saturated carbocycles. The third kappa shape index (κ3) is 6.05. The molecule has 6 nitrogen and oxygen atoms in total. The zero-order chi connectivity index (χ0) is 19.5. The van der Waals surface area contributed by atoms with Crippen LogP contribution in [-0.4, -0.2) is 38.2 Å². The van der Waals surface area contributed by atoms with Crippen molar-refractivity contribution in [1.29, 1.82) is 0 Å². The van der Waals surface area contributed by atoms with E-state index in [2.05, 4.69) is 15.6 Å². The Morgan fingerprint density at radius 2 is 1.58 bits per heavy atom.